The Bertz CT molecular complexity index is 1100. The maximum Gasteiger partial charge on any atom is 0.293 e. The predicted octanol–water partition coefficient (Wildman–Crippen LogP) is 2.66. The Morgan fingerprint density at radius 1 is 1.13 bits per heavy atom. The standard InChI is InChI=1S/C20H23N5O4S/c1-15-3-5-18(16(2)13-15)22-30(28,29)17-4-6-19(20(14-17)25(26)27)24-11-9-23(8-7-21)10-12-24/h3-6,13-14,22H,8-12H2,1-2H3. The molecule has 1 saturated heterocycles. The average Bonchev–Trinajstić information content (AvgIpc) is 2.70. The van der Waals surface area contributed by atoms with Crippen LogP contribution in [0.25, 0.3) is 0 Å². The van der Waals surface area contributed by atoms with Crippen LogP contribution in [0.5, 0.6) is 0 Å². The highest BCUT2D eigenvalue weighted by molar-refractivity contribution is 7.92. The molecule has 2 aromatic rings. The van der Waals surface area contributed by atoms with Crippen molar-refractivity contribution in [2.45, 2.75) is 18.7 Å². The Kier molecular flexibility index (Phi) is 6.24. The molecule has 0 amide bonds. The Balaban J connectivity index is 1.87. The fourth-order valence-electron chi connectivity index (χ4n) is 3.46. The highest BCUT2D eigenvalue weighted by Crippen LogP contribution is 2.32. The fourth-order valence-corrected chi connectivity index (χ4v) is 4.61. The van der Waals surface area contributed by atoms with Gasteiger partial charge >= 0.3 is 0 Å². The van der Waals surface area contributed by atoms with Crippen LogP contribution < -0.4 is 9.62 Å². The van der Waals surface area contributed by atoms with Crippen molar-refractivity contribution in [1.82, 2.24) is 4.90 Å². The molecule has 0 spiro atoms. The lowest BCUT2D eigenvalue weighted by Crippen LogP contribution is -2.46. The Labute approximate surface area is 175 Å². The van der Waals surface area contributed by atoms with Gasteiger partial charge in [0.2, 0.25) is 0 Å². The molecule has 30 heavy (non-hydrogen) atoms. The molecule has 1 heterocycles. The van der Waals surface area contributed by atoms with Crippen LogP contribution in [0.3, 0.4) is 0 Å². The molecule has 0 radical (unpaired) electrons. The van der Waals surface area contributed by atoms with Gasteiger partial charge < -0.3 is 4.90 Å². The minimum absolute atomic E-state index is 0.166. The second-order valence-corrected chi connectivity index (χ2v) is 8.94. The smallest absolute Gasteiger partial charge is 0.293 e. The number of aryl methyl sites for hydroxylation is 2. The summed E-state index contributed by atoms with van der Waals surface area (Å²) in [6.45, 7) is 6.29. The van der Waals surface area contributed by atoms with Gasteiger partial charge in [-0.2, -0.15) is 5.26 Å². The van der Waals surface area contributed by atoms with Crippen molar-refractivity contribution in [3.05, 3.63) is 57.6 Å². The van der Waals surface area contributed by atoms with E-state index in [-0.39, 0.29) is 10.6 Å². The summed E-state index contributed by atoms with van der Waals surface area (Å²) in [5.74, 6) is 0. The molecule has 10 heteroatoms. The van der Waals surface area contributed by atoms with Crippen LogP contribution >= 0.6 is 0 Å². The number of anilines is 2. The van der Waals surface area contributed by atoms with E-state index in [1.807, 2.05) is 22.8 Å². The number of rotatable bonds is 6. The van der Waals surface area contributed by atoms with Gasteiger partial charge in [0.25, 0.3) is 15.7 Å². The number of benzene rings is 2. The number of nitriles is 1. The van der Waals surface area contributed by atoms with Gasteiger partial charge in [-0.1, -0.05) is 17.7 Å². The normalized spacial score (nSPS) is 14.9. The Morgan fingerprint density at radius 2 is 1.83 bits per heavy atom. The molecule has 9 nitrogen and oxygen atoms in total. The van der Waals surface area contributed by atoms with Crippen molar-refractivity contribution in [3.8, 4) is 6.07 Å². The molecular formula is C20H23N5O4S. The number of piperazine rings is 1. The van der Waals surface area contributed by atoms with Crippen LogP contribution in [0.15, 0.2) is 41.3 Å². The summed E-state index contributed by atoms with van der Waals surface area (Å²) in [6.07, 6.45) is 0. The van der Waals surface area contributed by atoms with Crippen LogP contribution in [-0.4, -0.2) is 51.0 Å². The van der Waals surface area contributed by atoms with Gasteiger partial charge in [0.15, 0.2) is 0 Å². The van der Waals surface area contributed by atoms with Crippen molar-refractivity contribution in [1.29, 1.82) is 5.26 Å². The summed E-state index contributed by atoms with van der Waals surface area (Å²) in [7, 11) is -3.99. The fraction of sp³-hybridized carbons (Fsp3) is 0.350. The highest BCUT2D eigenvalue weighted by atomic mass is 32.2. The number of nitrogens with zero attached hydrogens (tertiary/aromatic N) is 4. The molecule has 2 aromatic carbocycles. The third kappa shape index (κ3) is 4.69. The number of nitro groups is 1. The minimum atomic E-state index is -3.99. The number of sulfonamides is 1. The second kappa shape index (κ2) is 8.69. The van der Waals surface area contributed by atoms with E-state index in [0.29, 0.717) is 44.1 Å². The summed E-state index contributed by atoms with van der Waals surface area (Å²) in [5.41, 5.74) is 2.32. The Morgan fingerprint density at radius 3 is 2.43 bits per heavy atom. The van der Waals surface area contributed by atoms with E-state index in [1.54, 1.807) is 19.1 Å². The lowest BCUT2D eigenvalue weighted by molar-refractivity contribution is -0.384. The quantitative estimate of drug-likeness (QED) is 0.426. The summed E-state index contributed by atoms with van der Waals surface area (Å²) >= 11 is 0. The number of nitrogens with one attached hydrogen (secondary N) is 1. The zero-order valence-corrected chi connectivity index (χ0v) is 17.6. The minimum Gasteiger partial charge on any atom is -0.363 e. The van der Waals surface area contributed by atoms with Crippen LogP contribution in [0, 0.1) is 35.3 Å². The summed E-state index contributed by atoms with van der Waals surface area (Å²) in [6, 6.07) is 11.4. The third-order valence-electron chi connectivity index (χ3n) is 5.09. The second-order valence-electron chi connectivity index (χ2n) is 7.25. The first-order valence-corrected chi connectivity index (χ1v) is 10.9. The third-order valence-corrected chi connectivity index (χ3v) is 6.45. The maximum absolute atomic E-state index is 12.8. The summed E-state index contributed by atoms with van der Waals surface area (Å²) in [5, 5.41) is 20.5. The predicted molar refractivity (Wildman–Crippen MR) is 114 cm³/mol. The molecular weight excluding hydrogens is 406 g/mol. The Hall–Kier alpha value is -3.16. The molecule has 0 aliphatic carbocycles. The largest absolute Gasteiger partial charge is 0.363 e. The zero-order chi connectivity index (χ0) is 21.9. The molecule has 0 unspecified atom stereocenters. The summed E-state index contributed by atoms with van der Waals surface area (Å²) in [4.78, 5) is 14.8. The monoisotopic (exact) mass is 429 g/mol. The lowest BCUT2D eigenvalue weighted by Gasteiger charge is -2.34. The molecule has 1 N–H and O–H groups in total. The molecule has 0 aromatic heterocycles. The van der Waals surface area contributed by atoms with E-state index in [4.69, 9.17) is 5.26 Å². The first-order chi connectivity index (χ1) is 14.2. The van der Waals surface area contributed by atoms with Gasteiger partial charge in [-0.25, -0.2) is 8.42 Å². The molecule has 0 saturated carbocycles. The van der Waals surface area contributed by atoms with Crippen molar-refractivity contribution >= 4 is 27.1 Å². The lowest BCUT2D eigenvalue weighted by atomic mass is 10.1. The van der Waals surface area contributed by atoms with Gasteiger partial charge in [0, 0.05) is 32.2 Å². The average molecular weight is 430 g/mol. The molecule has 158 valence electrons. The van der Waals surface area contributed by atoms with Gasteiger partial charge in [0.1, 0.15) is 5.69 Å². The van der Waals surface area contributed by atoms with E-state index in [2.05, 4.69) is 10.8 Å². The van der Waals surface area contributed by atoms with Gasteiger partial charge in [-0.3, -0.25) is 19.7 Å². The zero-order valence-electron chi connectivity index (χ0n) is 16.8. The van der Waals surface area contributed by atoms with Gasteiger partial charge in [0.05, 0.1) is 28.1 Å². The first kappa shape index (κ1) is 21.5. The van der Waals surface area contributed by atoms with Gasteiger partial charge in [-0.05, 0) is 37.6 Å². The van der Waals surface area contributed by atoms with Crippen LogP contribution in [0.1, 0.15) is 11.1 Å². The van der Waals surface area contributed by atoms with Crippen molar-refractivity contribution in [2.75, 3.05) is 42.3 Å². The molecule has 3 rings (SSSR count). The van der Waals surface area contributed by atoms with E-state index in [1.165, 1.54) is 12.1 Å². The molecule has 1 fully saturated rings. The molecule has 1 aliphatic rings. The van der Waals surface area contributed by atoms with E-state index in [9.17, 15) is 18.5 Å². The summed E-state index contributed by atoms with van der Waals surface area (Å²) < 4.78 is 28.2. The van der Waals surface area contributed by atoms with Crippen molar-refractivity contribution in [2.24, 2.45) is 0 Å². The molecule has 0 atom stereocenters. The SMILES string of the molecule is Cc1ccc(NS(=O)(=O)c2ccc(N3CCN(CC#N)CC3)c([N+](=O)[O-])c2)c(C)c1. The van der Waals surface area contributed by atoms with E-state index < -0.39 is 14.9 Å². The van der Waals surface area contributed by atoms with Crippen LogP contribution in [0.4, 0.5) is 17.1 Å². The number of hydrogen-bond donors (Lipinski definition) is 1. The highest BCUT2D eigenvalue weighted by Gasteiger charge is 2.27. The van der Waals surface area contributed by atoms with Gasteiger partial charge in [-0.15, -0.1) is 0 Å². The van der Waals surface area contributed by atoms with Crippen molar-refractivity contribution < 1.29 is 13.3 Å². The van der Waals surface area contributed by atoms with Crippen LogP contribution in [-0.2, 0) is 10.0 Å². The number of nitro benzene ring substituents is 1. The first-order valence-electron chi connectivity index (χ1n) is 9.44. The van der Waals surface area contributed by atoms with E-state index in [0.717, 1.165) is 17.2 Å². The topological polar surface area (TPSA) is 120 Å². The van der Waals surface area contributed by atoms with Crippen LogP contribution in [0.2, 0.25) is 0 Å². The van der Waals surface area contributed by atoms with Crippen molar-refractivity contribution in [3.63, 3.8) is 0 Å². The maximum atomic E-state index is 12.8. The molecule has 0 bridgehead atoms. The molecule has 1 aliphatic heterocycles. The van der Waals surface area contributed by atoms with E-state index >= 15 is 0 Å². The number of hydrogen-bond acceptors (Lipinski definition) is 7.